The molecule has 6 heteroatoms. The van der Waals surface area contributed by atoms with Crippen molar-refractivity contribution in [2.45, 2.75) is 13.1 Å². The van der Waals surface area contributed by atoms with E-state index >= 15 is 0 Å². The van der Waals surface area contributed by atoms with Gasteiger partial charge in [-0.25, -0.2) is 9.97 Å². The number of carbonyl (C=O) groups excluding carboxylic acids is 1. The van der Waals surface area contributed by atoms with Crippen LogP contribution in [-0.2, 0) is 13.1 Å². The minimum absolute atomic E-state index is 0.0447. The van der Waals surface area contributed by atoms with Gasteiger partial charge in [0.1, 0.15) is 11.5 Å². The van der Waals surface area contributed by atoms with Crippen molar-refractivity contribution in [3.8, 4) is 0 Å². The fraction of sp³-hybridized carbons (Fsp3) is 0.250. The van der Waals surface area contributed by atoms with Crippen molar-refractivity contribution < 1.29 is 4.79 Å². The Morgan fingerprint density at radius 2 is 2.17 bits per heavy atom. The normalized spacial score (nSPS) is 14.4. The summed E-state index contributed by atoms with van der Waals surface area (Å²) in [6.45, 7) is 2.03. The van der Waals surface area contributed by atoms with Gasteiger partial charge in [0.25, 0.3) is 5.91 Å². The highest BCUT2D eigenvalue weighted by molar-refractivity contribution is 9.10. The van der Waals surface area contributed by atoms with Gasteiger partial charge in [0.05, 0.1) is 6.54 Å². The quantitative estimate of drug-likeness (QED) is 0.806. The maximum absolute atomic E-state index is 12.3. The zero-order chi connectivity index (χ0) is 12.5. The molecule has 0 saturated carbocycles. The first-order chi connectivity index (χ1) is 8.74. The minimum Gasteiger partial charge on any atom is -0.332 e. The highest BCUT2D eigenvalue weighted by Crippen LogP contribution is 2.14. The van der Waals surface area contributed by atoms with Gasteiger partial charge in [0.15, 0.2) is 0 Å². The van der Waals surface area contributed by atoms with Crippen LogP contribution < -0.4 is 0 Å². The van der Waals surface area contributed by atoms with Crippen molar-refractivity contribution in [1.82, 2.24) is 19.4 Å². The lowest BCUT2D eigenvalue weighted by molar-refractivity contribution is 0.0701. The number of nitrogens with zero attached hydrogens (tertiary/aromatic N) is 4. The van der Waals surface area contributed by atoms with Crippen LogP contribution in [0.1, 0.15) is 16.3 Å². The second-order valence-corrected chi connectivity index (χ2v) is 5.04. The first kappa shape index (κ1) is 11.4. The summed E-state index contributed by atoms with van der Waals surface area (Å²) in [5.41, 5.74) is 0.471. The molecule has 92 valence electrons. The minimum atomic E-state index is -0.0447. The van der Waals surface area contributed by atoms with Crippen molar-refractivity contribution >= 4 is 21.8 Å². The average molecular weight is 307 g/mol. The lowest BCUT2D eigenvalue weighted by Gasteiger charge is -2.27. The van der Waals surface area contributed by atoms with E-state index in [0.717, 1.165) is 16.8 Å². The lowest BCUT2D eigenvalue weighted by Crippen LogP contribution is -2.38. The van der Waals surface area contributed by atoms with Crippen LogP contribution in [0.5, 0.6) is 0 Å². The van der Waals surface area contributed by atoms with Gasteiger partial charge >= 0.3 is 0 Å². The molecule has 0 fully saturated rings. The summed E-state index contributed by atoms with van der Waals surface area (Å²) in [6.07, 6.45) is 5.34. The number of imidazole rings is 1. The van der Waals surface area contributed by atoms with E-state index in [-0.39, 0.29) is 5.91 Å². The molecule has 2 aromatic heterocycles. The summed E-state index contributed by atoms with van der Waals surface area (Å²) < 4.78 is 2.94. The smallest absolute Gasteiger partial charge is 0.272 e. The predicted octanol–water partition coefficient (Wildman–Crippen LogP) is 1.70. The van der Waals surface area contributed by atoms with Crippen molar-refractivity contribution in [1.29, 1.82) is 0 Å². The maximum atomic E-state index is 12.3. The summed E-state index contributed by atoms with van der Waals surface area (Å²) >= 11 is 3.31. The molecule has 5 nitrogen and oxygen atoms in total. The Hall–Kier alpha value is -1.69. The van der Waals surface area contributed by atoms with Crippen LogP contribution in [0.4, 0.5) is 0 Å². The van der Waals surface area contributed by atoms with Crippen LogP contribution >= 0.6 is 15.9 Å². The summed E-state index contributed by atoms with van der Waals surface area (Å²) in [7, 11) is 0. The largest absolute Gasteiger partial charge is 0.332 e. The highest BCUT2D eigenvalue weighted by Gasteiger charge is 2.22. The molecule has 0 spiro atoms. The van der Waals surface area contributed by atoms with Gasteiger partial charge in [0, 0.05) is 36.2 Å². The molecular formula is C12H11BrN4O. The maximum Gasteiger partial charge on any atom is 0.272 e. The Kier molecular flexibility index (Phi) is 2.87. The Bertz CT molecular complexity index is 578. The van der Waals surface area contributed by atoms with E-state index in [1.165, 1.54) is 0 Å². The zero-order valence-corrected chi connectivity index (χ0v) is 11.2. The zero-order valence-electron chi connectivity index (χ0n) is 9.58. The van der Waals surface area contributed by atoms with Crippen molar-refractivity contribution in [3.05, 3.63) is 46.7 Å². The molecule has 0 aromatic carbocycles. The third kappa shape index (κ3) is 2.03. The molecule has 1 aliphatic heterocycles. The van der Waals surface area contributed by atoms with E-state index in [2.05, 4.69) is 30.5 Å². The lowest BCUT2D eigenvalue weighted by atomic mass is 10.3. The van der Waals surface area contributed by atoms with Crippen LogP contribution in [0.15, 0.2) is 35.2 Å². The molecule has 18 heavy (non-hydrogen) atoms. The number of rotatable bonds is 1. The van der Waals surface area contributed by atoms with E-state index in [4.69, 9.17) is 0 Å². The molecule has 0 bridgehead atoms. The van der Waals surface area contributed by atoms with Gasteiger partial charge in [-0.2, -0.15) is 0 Å². The fourth-order valence-corrected chi connectivity index (χ4v) is 2.25. The monoisotopic (exact) mass is 306 g/mol. The Balaban J connectivity index is 1.80. The van der Waals surface area contributed by atoms with E-state index in [9.17, 15) is 4.79 Å². The first-order valence-electron chi connectivity index (χ1n) is 5.65. The summed E-state index contributed by atoms with van der Waals surface area (Å²) in [4.78, 5) is 22.4. The van der Waals surface area contributed by atoms with Crippen LogP contribution in [0, 0.1) is 0 Å². The Labute approximate surface area is 113 Å². The van der Waals surface area contributed by atoms with Crippen LogP contribution in [0.3, 0.4) is 0 Å². The molecule has 3 heterocycles. The molecule has 0 N–H and O–H groups in total. The number of fused-ring (bicyclic) bond motifs is 1. The molecule has 1 aliphatic rings. The molecule has 0 aliphatic carbocycles. The molecule has 2 aromatic rings. The molecule has 0 radical (unpaired) electrons. The Morgan fingerprint density at radius 1 is 1.28 bits per heavy atom. The Morgan fingerprint density at radius 3 is 2.94 bits per heavy atom. The topological polar surface area (TPSA) is 51.0 Å². The second kappa shape index (κ2) is 4.53. The van der Waals surface area contributed by atoms with Crippen molar-refractivity contribution in [3.63, 3.8) is 0 Å². The number of carbonyl (C=O) groups is 1. The van der Waals surface area contributed by atoms with E-state index in [0.29, 0.717) is 18.8 Å². The number of hydrogen-bond acceptors (Lipinski definition) is 3. The van der Waals surface area contributed by atoms with Crippen LogP contribution in [0.25, 0.3) is 0 Å². The third-order valence-electron chi connectivity index (χ3n) is 2.98. The van der Waals surface area contributed by atoms with Crippen molar-refractivity contribution in [2.24, 2.45) is 0 Å². The predicted molar refractivity (Wildman–Crippen MR) is 68.9 cm³/mol. The number of hydrogen-bond donors (Lipinski definition) is 0. The van der Waals surface area contributed by atoms with Gasteiger partial charge in [-0.15, -0.1) is 0 Å². The van der Waals surface area contributed by atoms with Crippen LogP contribution in [-0.4, -0.2) is 31.9 Å². The number of halogens is 1. The van der Waals surface area contributed by atoms with Gasteiger partial charge in [0.2, 0.25) is 0 Å². The number of pyridine rings is 1. The molecule has 0 unspecified atom stereocenters. The summed E-state index contributed by atoms with van der Waals surface area (Å²) in [5.74, 6) is 0.878. The highest BCUT2D eigenvalue weighted by atomic mass is 79.9. The third-order valence-corrected chi connectivity index (χ3v) is 3.45. The van der Waals surface area contributed by atoms with Gasteiger partial charge in [-0.1, -0.05) is 0 Å². The molecular weight excluding hydrogens is 296 g/mol. The van der Waals surface area contributed by atoms with E-state index in [1.54, 1.807) is 23.4 Å². The van der Waals surface area contributed by atoms with E-state index < -0.39 is 0 Å². The fourth-order valence-electron chi connectivity index (χ4n) is 2.01. The van der Waals surface area contributed by atoms with Gasteiger partial charge < -0.3 is 9.47 Å². The average Bonchev–Trinajstić information content (AvgIpc) is 2.86. The van der Waals surface area contributed by atoms with E-state index in [1.807, 2.05) is 12.3 Å². The summed E-state index contributed by atoms with van der Waals surface area (Å²) in [6, 6.07) is 3.55. The standard InChI is InChI=1S/C12H11BrN4O/c13-9-1-2-10(15-7-9)12(18)17-6-5-16-4-3-14-11(16)8-17/h1-4,7H,5-6,8H2. The van der Waals surface area contributed by atoms with Gasteiger partial charge in [-0.3, -0.25) is 4.79 Å². The first-order valence-corrected chi connectivity index (χ1v) is 6.44. The molecule has 1 amide bonds. The molecule has 0 atom stereocenters. The molecule has 0 saturated heterocycles. The van der Waals surface area contributed by atoms with Crippen LogP contribution in [0.2, 0.25) is 0 Å². The number of amides is 1. The number of aromatic nitrogens is 3. The van der Waals surface area contributed by atoms with Crippen molar-refractivity contribution in [2.75, 3.05) is 6.54 Å². The molecule has 3 rings (SSSR count). The van der Waals surface area contributed by atoms with Gasteiger partial charge in [-0.05, 0) is 28.1 Å². The SMILES string of the molecule is O=C(c1ccc(Br)cn1)N1CCn2ccnc2C1. The summed E-state index contributed by atoms with van der Waals surface area (Å²) in [5, 5.41) is 0. The second-order valence-electron chi connectivity index (χ2n) is 4.13.